The molecule has 0 aliphatic heterocycles. The molecule has 14 heteroatoms. The topological polar surface area (TPSA) is 88.3 Å². The molecule has 190 valence electrons. The van der Waals surface area contributed by atoms with Crippen molar-refractivity contribution in [3.05, 3.63) is 81.5 Å². The minimum absolute atomic E-state index is 0.0277. The maximum atomic E-state index is 13.0. The van der Waals surface area contributed by atoms with Gasteiger partial charge in [0.1, 0.15) is 6.54 Å². The number of hydrogen-bond donors (Lipinski definition) is 2. The molecule has 0 fully saturated rings. The summed E-state index contributed by atoms with van der Waals surface area (Å²) in [5.74, 6) is -1.95. The summed E-state index contributed by atoms with van der Waals surface area (Å²) in [5.41, 5.74) is 3.21. The van der Waals surface area contributed by atoms with Crippen molar-refractivity contribution in [1.29, 1.82) is 0 Å². The van der Waals surface area contributed by atoms with Crippen LogP contribution in [0.1, 0.15) is 21.5 Å². The summed E-state index contributed by atoms with van der Waals surface area (Å²) in [5, 5.41) is 1.91. The molecule has 36 heavy (non-hydrogen) atoms. The van der Waals surface area contributed by atoms with E-state index < -0.39 is 46.9 Å². The number of hydrogen-bond acceptors (Lipinski definition) is 4. The Hall–Kier alpha value is -3.51. The zero-order chi connectivity index (χ0) is 26.8. The fourth-order valence-corrected chi connectivity index (χ4v) is 3.51. The molecule has 0 saturated carbocycles. The second-order valence-corrected chi connectivity index (χ2v) is 8.09. The molecule has 0 spiro atoms. The summed E-state index contributed by atoms with van der Waals surface area (Å²) in [6.45, 7) is -0.609. The Morgan fingerprint density at radius 1 is 0.889 bits per heavy atom. The van der Waals surface area contributed by atoms with Crippen LogP contribution in [0, 0.1) is 0 Å². The molecule has 0 bridgehead atoms. The number of amides is 2. The minimum atomic E-state index is -4.72. The van der Waals surface area contributed by atoms with E-state index in [9.17, 15) is 35.9 Å². The number of aromatic nitrogens is 1. The first-order chi connectivity index (χ1) is 16.7. The Morgan fingerprint density at radius 3 is 2.03 bits per heavy atom. The van der Waals surface area contributed by atoms with Crippen molar-refractivity contribution < 1.29 is 35.9 Å². The van der Waals surface area contributed by atoms with Gasteiger partial charge in [-0.2, -0.15) is 26.3 Å². The van der Waals surface area contributed by atoms with Crippen molar-refractivity contribution in [1.82, 2.24) is 4.98 Å². The Morgan fingerprint density at radius 2 is 1.50 bits per heavy atom. The van der Waals surface area contributed by atoms with E-state index in [2.05, 4.69) is 10.3 Å². The van der Waals surface area contributed by atoms with Gasteiger partial charge in [0, 0.05) is 17.4 Å². The predicted octanol–water partition coefficient (Wildman–Crippen LogP) is 6.30. The molecular weight excluding hydrogens is 537 g/mol. The zero-order valence-corrected chi connectivity index (χ0v) is 19.2. The highest BCUT2D eigenvalue weighted by Crippen LogP contribution is 2.38. The third-order valence-electron chi connectivity index (χ3n) is 4.69. The third-order valence-corrected chi connectivity index (χ3v) is 5.29. The quantitative estimate of drug-likeness (QED) is 0.352. The van der Waals surface area contributed by atoms with Gasteiger partial charge in [0.05, 0.1) is 26.9 Å². The van der Waals surface area contributed by atoms with Crippen molar-refractivity contribution in [2.75, 3.05) is 16.8 Å². The molecule has 0 aliphatic carbocycles. The fraction of sp³-hybridized carbons (Fsp3) is 0.136. The lowest BCUT2D eigenvalue weighted by molar-refractivity contribution is -0.138. The highest BCUT2D eigenvalue weighted by atomic mass is 35.5. The van der Waals surface area contributed by atoms with Crippen LogP contribution < -0.4 is 16.0 Å². The van der Waals surface area contributed by atoms with Crippen molar-refractivity contribution in [3.63, 3.8) is 0 Å². The molecule has 1 heterocycles. The molecule has 0 saturated heterocycles. The number of benzene rings is 2. The molecule has 1 aromatic heterocycles. The van der Waals surface area contributed by atoms with E-state index in [1.165, 1.54) is 18.2 Å². The van der Waals surface area contributed by atoms with Crippen LogP contribution in [0.15, 0.2) is 54.7 Å². The lowest BCUT2D eigenvalue weighted by Gasteiger charge is -2.25. The largest absolute Gasteiger partial charge is 0.417 e. The van der Waals surface area contributed by atoms with Gasteiger partial charge in [-0.3, -0.25) is 9.59 Å². The molecular formula is C22H14Cl2F6N4O2. The number of carbonyl (C=O) groups excluding carboxylic acids is 2. The molecule has 2 aromatic carbocycles. The number of carbonyl (C=O) groups is 2. The zero-order valence-electron chi connectivity index (χ0n) is 17.7. The van der Waals surface area contributed by atoms with Gasteiger partial charge in [-0.1, -0.05) is 23.2 Å². The number of anilines is 3. The highest BCUT2D eigenvalue weighted by Gasteiger charge is 2.33. The van der Waals surface area contributed by atoms with Gasteiger partial charge in [-0.05, 0) is 48.5 Å². The van der Waals surface area contributed by atoms with Gasteiger partial charge in [-0.15, -0.1) is 0 Å². The summed E-state index contributed by atoms with van der Waals surface area (Å²) >= 11 is 12.2. The van der Waals surface area contributed by atoms with Crippen molar-refractivity contribution >= 4 is 52.2 Å². The standard InChI is InChI=1S/C22H14Cl2F6N4O2/c23-15-6-1-11(20(36)33-14-4-2-12(3-5-14)21(25,26)27)7-17(15)34(10-18(31)35)19-16(24)8-13(9-32-19)22(28,29)30/h1-9H,10H2,(H2,31,35)(H,33,36). The van der Waals surface area contributed by atoms with E-state index in [1.807, 2.05) is 0 Å². The van der Waals surface area contributed by atoms with Crippen LogP contribution in [0.25, 0.3) is 0 Å². The third kappa shape index (κ3) is 6.38. The average molecular weight is 551 g/mol. The van der Waals surface area contributed by atoms with Gasteiger partial charge in [0.25, 0.3) is 5.91 Å². The predicted molar refractivity (Wildman–Crippen MR) is 121 cm³/mol. The molecule has 3 aromatic rings. The SMILES string of the molecule is NC(=O)CN(c1cc(C(=O)Nc2ccc(C(F)(F)F)cc2)ccc1Cl)c1ncc(C(F)(F)F)cc1Cl. The molecule has 6 nitrogen and oxygen atoms in total. The van der Waals surface area contributed by atoms with Gasteiger partial charge >= 0.3 is 12.4 Å². The van der Waals surface area contributed by atoms with Crippen LogP contribution in [-0.2, 0) is 17.1 Å². The number of nitrogens with one attached hydrogen (secondary N) is 1. The highest BCUT2D eigenvalue weighted by molar-refractivity contribution is 6.35. The number of rotatable bonds is 6. The maximum absolute atomic E-state index is 13.0. The number of halogens is 8. The van der Waals surface area contributed by atoms with Crippen LogP contribution in [-0.4, -0.2) is 23.3 Å². The van der Waals surface area contributed by atoms with Crippen LogP contribution in [0.4, 0.5) is 43.5 Å². The minimum Gasteiger partial charge on any atom is -0.368 e. The van der Waals surface area contributed by atoms with Crippen LogP contribution >= 0.6 is 23.2 Å². The number of primary amides is 1. The van der Waals surface area contributed by atoms with E-state index >= 15 is 0 Å². The summed E-state index contributed by atoms with van der Waals surface area (Å²) in [4.78, 5) is 29.1. The maximum Gasteiger partial charge on any atom is 0.417 e. The van der Waals surface area contributed by atoms with Crippen LogP contribution in [0.2, 0.25) is 10.0 Å². The van der Waals surface area contributed by atoms with E-state index in [0.29, 0.717) is 12.3 Å². The Balaban J connectivity index is 1.96. The number of nitrogens with zero attached hydrogens (tertiary/aromatic N) is 2. The van der Waals surface area contributed by atoms with Crippen LogP contribution in [0.3, 0.4) is 0 Å². The first-order valence-corrected chi connectivity index (χ1v) is 10.5. The second-order valence-electron chi connectivity index (χ2n) is 7.28. The molecule has 3 rings (SSSR count). The van der Waals surface area contributed by atoms with Gasteiger partial charge < -0.3 is 16.0 Å². The number of nitrogens with two attached hydrogens (primary N) is 1. The molecule has 2 amide bonds. The monoisotopic (exact) mass is 550 g/mol. The Labute approximate surface area is 209 Å². The average Bonchev–Trinajstić information content (AvgIpc) is 2.77. The summed E-state index contributed by atoms with van der Waals surface area (Å²) < 4.78 is 77.2. The smallest absolute Gasteiger partial charge is 0.368 e. The Bertz CT molecular complexity index is 1300. The second kappa shape index (κ2) is 10.2. The van der Waals surface area contributed by atoms with Crippen LogP contribution in [0.5, 0.6) is 0 Å². The first-order valence-electron chi connectivity index (χ1n) is 9.73. The lowest BCUT2D eigenvalue weighted by atomic mass is 10.1. The van der Waals surface area contributed by atoms with E-state index in [4.69, 9.17) is 28.9 Å². The van der Waals surface area contributed by atoms with Crippen molar-refractivity contribution in [2.45, 2.75) is 12.4 Å². The van der Waals surface area contributed by atoms with E-state index in [0.717, 1.165) is 29.2 Å². The molecule has 0 aliphatic rings. The lowest BCUT2D eigenvalue weighted by Crippen LogP contribution is -2.31. The molecule has 0 radical (unpaired) electrons. The van der Waals surface area contributed by atoms with E-state index in [1.54, 1.807) is 0 Å². The summed E-state index contributed by atoms with van der Waals surface area (Å²) in [6, 6.07) is 8.05. The molecule has 3 N–H and O–H groups in total. The number of pyridine rings is 1. The van der Waals surface area contributed by atoms with Crippen molar-refractivity contribution in [2.24, 2.45) is 5.73 Å². The van der Waals surface area contributed by atoms with Gasteiger partial charge in [0.2, 0.25) is 5.91 Å². The normalized spacial score (nSPS) is 11.8. The summed E-state index contributed by atoms with van der Waals surface area (Å²) in [6.07, 6.45) is -8.77. The molecule has 0 unspecified atom stereocenters. The molecule has 0 atom stereocenters. The van der Waals surface area contributed by atoms with E-state index in [-0.39, 0.29) is 27.8 Å². The summed E-state index contributed by atoms with van der Waals surface area (Å²) in [7, 11) is 0. The fourth-order valence-electron chi connectivity index (χ4n) is 3.02. The van der Waals surface area contributed by atoms with Crippen molar-refractivity contribution in [3.8, 4) is 0 Å². The number of alkyl halides is 6. The first kappa shape index (κ1) is 27.1. The van der Waals surface area contributed by atoms with Gasteiger partial charge in [-0.25, -0.2) is 4.98 Å². The van der Waals surface area contributed by atoms with Gasteiger partial charge in [0.15, 0.2) is 5.82 Å². The Kier molecular flexibility index (Phi) is 7.70.